The lowest BCUT2D eigenvalue weighted by Crippen LogP contribution is -2.47. The molecule has 0 radical (unpaired) electrons. The van der Waals surface area contributed by atoms with Gasteiger partial charge in [-0.15, -0.1) is 0 Å². The molecule has 100 valence electrons. The standard InChI is InChI=1S/C13H21N3O2/c1-13(2)9-10(5-8-18-13)16(4)12(17)11-14-6-7-15(11)3/h6-7,10H,5,8-9H2,1-4H3/t10-/m1/s1. The second-order valence-corrected chi connectivity index (χ2v) is 5.53. The third-order valence-electron chi connectivity index (χ3n) is 3.55. The highest BCUT2D eigenvalue weighted by molar-refractivity contribution is 5.90. The first-order chi connectivity index (χ1) is 8.41. The highest BCUT2D eigenvalue weighted by Gasteiger charge is 2.33. The van der Waals surface area contributed by atoms with Crippen LogP contribution < -0.4 is 0 Å². The fourth-order valence-electron chi connectivity index (χ4n) is 2.43. The number of rotatable bonds is 2. The van der Waals surface area contributed by atoms with Crippen molar-refractivity contribution in [3.05, 3.63) is 18.2 Å². The van der Waals surface area contributed by atoms with Gasteiger partial charge in [-0.1, -0.05) is 0 Å². The Hall–Kier alpha value is -1.36. The summed E-state index contributed by atoms with van der Waals surface area (Å²) in [5, 5.41) is 0. The maximum Gasteiger partial charge on any atom is 0.289 e. The Kier molecular flexibility index (Phi) is 3.43. The molecule has 5 heteroatoms. The van der Waals surface area contributed by atoms with Crippen LogP contribution in [0.15, 0.2) is 12.4 Å². The number of carbonyl (C=O) groups excluding carboxylic acids is 1. The van der Waals surface area contributed by atoms with Gasteiger partial charge in [0.1, 0.15) is 0 Å². The lowest BCUT2D eigenvalue weighted by molar-refractivity contribution is -0.0757. The Morgan fingerprint density at radius 2 is 2.33 bits per heavy atom. The maximum absolute atomic E-state index is 12.3. The second-order valence-electron chi connectivity index (χ2n) is 5.53. The van der Waals surface area contributed by atoms with E-state index in [1.165, 1.54) is 0 Å². The van der Waals surface area contributed by atoms with Gasteiger partial charge < -0.3 is 14.2 Å². The van der Waals surface area contributed by atoms with Crippen LogP contribution in [0.1, 0.15) is 37.3 Å². The van der Waals surface area contributed by atoms with Crippen LogP contribution in [0.2, 0.25) is 0 Å². The average Bonchev–Trinajstić information content (AvgIpc) is 2.72. The van der Waals surface area contributed by atoms with Crippen LogP contribution in [-0.2, 0) is 11.8 Å². The van der Waals surface area contributed by atoms with Gasteiger partial charge in [0.05, 0.1) is 5.60 Å². The summed E-state index contributed by atoms with van der Waals surface area (Å²) in [7, 11) is 3.69. The largest absolute Gasteiger partial charge is 0.375 e. The first kappa shape index (κ1) is 13.1. The highest BCUT2D eigenvalue weighted by Crippen LogP contribution is 2.27. The summed E-state index contributed by atoms with van der Waals surface area (Å²) < 4.78 is 7.43. The lowest BCUT2D eigenvalue weighted by Gasteiger charge is -2.39. The summed E-state index contributed by atoms with van der Waals surface area (Å²) in [5.41, 5.74) is -0.154. The number of nitrogens with zero attached hydrogens (tertiary/aromatic N) is 3. The molecule has 1 amide bonds. The molecule has 1 aromatic rings. The van der Waals surface area contributed by atoms with Gasteiger partial charge in [-0.3, -0.25) is 4.79 Å². The van der Waals surface area contributed by atoms with Crippen LogP contribution in [0, 0.1) is 0 Å². The fourth-order valence-corrected chi connectivity index (χ4v) is 2.43. The minimum atomic E-state index is -0.154. The van der Waals surface area contributed by atoms with Crippen molar-refractivity contribution in [2.24, 2.45) is 7.05 Å². The predicted octanol–water partition coefficient (Wildman–Crippen LogP) is 1.45. The van der Waals surface area contributed by atoms with Gasteiger partial charge in [-0.05, 0) is 26.7 Å². The number of amides is 1. The number of ether oxygens (including phenoxy) is 1. The molecule has 1 aliphatic heterocycles. The molecule has 18 heavy (non-hydrogen) atoms. The smallest absolute Gasteiger partial charge is 0.289 e. The van der Waals surface area contributed by atoms with E-state index in [0.717, 1.165) is 12.8 Å². The first-order valence-electron chi connectivity index (χ1n) is 6.29. The van der Waals surface area contributed by atoms with Gasteiger partial charge in [0.2, 0.25) is 0 Å². The Morgan fingerprint density at radius 1 is 1.61 bits per heavy atom. The molecule has 2 rings (SSSR count). The third kappa shape index (κ3) is 2.56. The molecule has 0 spiro atoms. The summed E-state index contributed by atoms with van der Waals surface area (Å²) in [6, 6.07) is 0.220. The SMILES string of the molecule is CN(C(=O)c1nccn1C)[C@@H]1CCOC(C)(C)C1. The molecule has 1 saturated heterocycles. The van der Waals surface area contributed by atoms with Gasteiger partial charge in [0.15, 0.2) is 5.82 Å². The van der Waals surface area contributed by atoms with E-state index in [9.17, 15) is 4.79 Å². The fraction of sp³-hybridized carbons (Fsp3) is 0.692. The highest BCUT2D eigenvalue weighted by atomic mass is 16.5. The van der Waals surface area contributed by atoms with Crippen molar-refractivity contribution in [1.29, 1.82) is 0 Å². The van der Waals surface area contributed by atoms with Crippen molar-refractivity contribution in [3.8, 4) is 0 Å². The van der Waals surface area contributed by atoms with E-state index in [1.54, 1.807) is 21.9 Å². The van der Waals surface area contributed by atoms with Gasteiger partial charge in [-0.2, -0.15) is 0 Å². The van der Waals surface area contributed by atoms with Crippen molar-refractivity contribution in [3.63, 3.8) is 0 Å². The molecule has 1 aliphatic rings. The summed E-state index contributed by atoms with van der Waals surface area (Å²) in [6.07, 6.45) is 5.18. The first-order valence-corrected chi connectivity index (χ1v) is 6.29. The molecule has 1 atom stereocenters. The summed E-state index contributed by atoms with van der Waals surface area (Å²) in [6.45, 7) is 4.84. The Labute approximate surface area is 108 Å². The lowest BCUT2D eigenvalue weighted by atomic mass is 9.93. The topological polar surface area (TPSA) is 47.4 Å². The molecule has 5 nitrogen and oxygen atoms in total. The second kappa shape index (κ2) is 4.72. The number of carbonyl (C=O) groups is 1. The van der Waals surface area contributed by atoms with Crippen LogP contribution >= 0.6 is 0 Å². The number of imidazole rings is 1. The van der Waals surface area contributed by atoms with E-state index in [1.807, 2.05) is 14.1 Å². The van der Waals surface area contributed by atoms with E-state index >= 15 is 0 Å². The minimum absolute atomic E-state index is 0.0230. The van der Waals surface area contributed by atoms with E-state index in [4.69, 9.17) is 4.74 Å². The summed E-state index contributed by atoms with van der Waals surface area (Å²) in [5.74, 6) is 0.465. The van der Waals surface area contributed by atoms with Crippen LogP contribution in [0.25, 0.3) is 0 Å². The summed E-state index contributed by atoms with van der Waals surface area (Å²) in [4.78, 5) is 18.2. The van der Waals surface area contributed by atoms with Gasteiger partial charge in [0, 0.05) is 39.1 Å². The molecule has 0 bridgehead atoms. The molecule has 0 unspecified atom stereocenters. The van der Waals surface area contributed by atoms with E-state index < -0.39 is 0 Å². The Balaban J connectivity index is 2.09. The van der Waals surface area contributed by atoms with Crippen molar-refractivity contribution >= 4 is 5.91 Å². The monoisotopic (exact) mass is 251 g/mol. The number of aryl methyl sites for hydroxylation is 1. The zero-order valence-electron chi connectivity index (χ0n) is 11.5. The molecule has 0 aliphatic carbocycles. The quantitative estimate of drug-likeness (QED) is 0.799. The van der Waals surface area contributed by atoms with E-state index in [2.05, 4.69) is 18.8 Å². The third-order valence-corrected chi connectivity index (χ3v) is 3.55. The Bertz CT molecular complexity index is 439. The van der Waals surface area contributed by atoms with E-state index in [0.29, 0.717) is 12.4 Å². The maximum atomic E-state index is 12.3. The molecule has 1 aromatic heterocycles. The van der Waals surface area contributed by atoms with Gasteiger partial charge >= 0.3 is 0 Å². The molecule has 0 aromatic carbocycles. The van der Waals surface area contributed by atoms with Crippen LogP contribution in [0.4, 0.5) is 0 Å². The molecular formula is C13H21N3O2. The molecule has 1 fully saturated rings. The number of aromatic nitrogens is 2. The molecular weight excluding hydrogens is 230 g/mol. The van der Waals surface area contributed by atoms with Crippen LogP contribution in [-0.4, -0.2) is 45.7 Å². The van der Waals surface area contributed by atoms with Crippen molar-refractivity contribution in [1.82, 2.24) is 14.5 Å². The minimum Gasteiger partial charge on any atom is -0.375 e. The molecule has 0 N–H and O–H groups in total. The van der Waals surface area contributed by atoms with Gasteiger partial charge in [-0.25, -0.2) is 4.98 Å². The number of hydrogen-bond donors (Lipinski definition) is 0. The molecule has 2 heterocycles. The van der Waals surface area contributed by atoms with Crippen molar-refractivity contribution in [2.75, 3.05) is 13.7 Å². The Morgan fingerprint density at radius 3 is 2.89 bits per heavy atom. The molecule has 0 saturated carbocycles. The van der Waals surface area contributed by atoms with Crippen LogP contribution in [0.3, 0.4) is 0 Å². The van der Waals surface area contributed by atoms with Gasteiger partial charge in [0.25, 0.3) is 5.91 Å². The van der Waals surface area contributed by atoms with Crippen LogP contribution in [0.5, 0.6) is 0 Å². The van der Waals surface area contributed by atoms with Crippen molar-refractivity contribution < 1.29 is 9.53 Å². The zero-order chi connectivity index (χ0) is 13.3. The van der Waals surface area contributed by atoms with E-state index in [-0.39, 0.29) is 17.6 Å². The van der Waals surface area contributed by atoms with Crippen molar-refractivity contribution in [2.45, 2.75) is 38.3 Å². The number of hydrogen-bond acceptors (Lipinski definition) is 3. The average molecular weight is 251 g/mol. The predicted molar refractivity (Wildman–Crippen MR) is 68.4 cm³/mol. The summed E-state index contributed by atoms with van der Waals surface area (Å²) >= 11 is 0. The normalized spacial score (nSPS) is 22.8. The zero-order valence-corrected chi connectivity index (χ0v) is 11.5.